The monoisotopic (exact) mass is 328 g/mol. The molecule has 0 aliphatic heterocycles. The maximum atomic E-state index is 12.6. The zero-order valence-electron chi connectivity index (χ0n) is 12.3. The smallest absolute Gasteiger partial charge is 0.254 e. The molecule has 0 bridgehead atoms. The molecule has 0 aromatic heterocycles. The van der Waals surface area contributed by atoms with Crippen molar-refractivity contribution < 1.29 is 35.1 Å². The summed E-state index contributed by atoms with van der Waals surface area (Å²) in [6, 6.07) is 1.13. The van der Waals surface area contributed by atoms with Crippen LogP contribution in [0.4, 0.5) is 0 Å². The number of phenolic OH excluding ortho intramolecular Hbond substituents is 1. The number of rotatable bonds is 8. The average molecular weight is 328 g/mol. The summed E-state index contributed by atoms with van der Waals surface area (Å²) < 4.78 is 0. The highest BCUT2D eigenvalue weighted by atomic mass is 16.3. The lowest BCUT2D eigenvalue weighted by molar-refractivity contribution is 0.00540. The van der Waals surface area contributed by atoms with Gasteiger partial charge >= 0.3 is 0 Å². The van der Waals surface area contributed by atoms with E-state index in [-0.39, 0.29) is 16.9 Å². The molecule has 23 heavy (non-hydrogen) atoms. The van der Waals surface area contributed by atoms with Crippen LogP contribution in [0, 0.1) is 0 Å². The van der Waals surface area contributed by atoms with Gasteiger partial charge in [0.15, 0.2) is 0 Å². The number of hydrogen-bond acceptors (Lipinski definition) is 7. The van der Waals surface area contributed by atoms with Crippen molar-refractivity contribution >= 4 is 11.8 Å². The van der Waals surface area contributed by atoms with Gasteiger partial charge in [-0.1, -0.05) is 0 Å². The van der Waals surface area contributed by atoms with Gasteiger partial charge in [-0.15, -0.1) is 0 Å². The van der Waals surface area contributed by atoms with E-state index in [4.69, 9.17) is 5.73 Å². The zero-order chi connectivity index (χ0) is 17.6. The highest BCUT2D eigenvalue weighted by Gasteiger charge is 2.30. The maximum absolute atomic E-state index is 12.6. The molecule has 0 aliphatic carbocycles. The Bertz CT molecular complexity index is 544. The standard InChI is InChI=1S/C14H20N2O7/c15-13(22)8-1-9(3-12(21)2-8)14(23)16(10(4-17)5-18)11(6-19)7-20/h1-3,10-11,17-21H,4-7H2,(H2,15,22). The van der Waals surface area contributed by atoms with E-state index < -0.39 is 50.3 Å². The number of benzene rings is 1. The van der Waals surface area contributed by atoms with Gasteiger partial charge < -0.3 is 36.2 Å². The Hall–Kier alpha value is -2.20. The van der Waals surface area contributed by atoms with E-state index in [1.54, 1.807) is 0 Å². The van der Waals surface area contributed by atoms with Crippen LogP contribution in [0.15, 0.2) is 18.2 Å². The topological polar surface area (TPSA) is 165 Å². The molecular weight excluding hydrogens is 308 g/mol. The number of hydrogen-bond donors (Lipinski definition) is 6. The van der Waals surface area contributed by atoms with Crippen LogP contribution >= 0.6 is 0 Å². The molecule has 128 valence electrons. The molecule has 7 N–H and O–H groups in total. The molecule has 0 atom stereocenters. The second-order valence-electron chi connectivity index (χ2n) is 4.88. The van der Waals surface area contributed by atoms with Gasteiger partial charge in [0, 0.05) is 11.1 Å². The predicted octanol–water partition coefficient (Wildman–Crippen LogP) is -2.36. The number of carbonyl (C=O) groups excluding carboxylic acids is 2. The summed E-state index contributed by atoms with van der Waals surface area (Å²) in [5.41, 5.74) is 4.87. The van der Waals surface area contributed by atoms with Gasteiger partial charge in [-0.25, -0.2) is 0 Å². The molecule has 1 aromatic rings. The lowest BCUT2D eigenvalue weighted by atomic mass is 10.1. The number of aliphatic hydroxyl groups excluding tert-OH is 4. The summed E-state index contributed by atoms with van der Waals surface area (Å²) in [5.74, 6) is -2.04. The first-order valence-corrected chi connectivity index (χ1v) is 6.79. The molecule has 0 aliphatic rings. The van der Waals surface area contributed by atoms with Crippen molar-refractivity contribution in [1.82, 2.24) is 4.90 Å². The number of carbonyl (C=O) groups is 2. The van der Waals surface area contributed by atoms with E-state index in [0.717, 1.165) is 23.1 Å². The number of nitrogens with zero attached hydrogens (tertiary/aromatic N) is 1. The van der Waals surface area contributed by atoms with Crippen molar-refractivity contribution in [3.8, 4) is 5.75 Å². The minimum Gasteiger partial charge on any atom is -0.508 e. The van der Waals surface area contributed by atoms with Gasteiger partial charge in [-0.3, -0.25) is 9.59 Å². The van der Waals surface area contributed by atoms with Crippen LogP contribution in [-0.4, -0.2) is 80.8 Å². The second-order valence-corrected chi connectivity index (χ2v) is 4.88. The Balaban J connectivity index is 3.31. The van der Waals surface area contributed by atoms with Crippen LogP contribution in [-0.2, 0) is 0 Å². The van der Waals surface area contributed by atoms with Crippen LogP contribution in [0.3, 0.4) is 0 Å². The second kappa shape index (κ2) is 8.44. The van der Waals surface area contributed by atoms with Gasteiger partial charge in [0.2, 0.25) is 5.91 Å². The van der Waals surface area contributed by atoms with Crippen molar-refractivity contribution in [3.63, 3.8) is 0 Å². The summed E-state index contributed by atoms with van der Waals surface area (Å²) in [7, 11) is 0. The number of primary amides is 1. The lowest BCUT2D eigenvalue weighted by Gasteiger charge is -2.35. The first kappa shape index (κ1) is 18.8. The SMILES string of the molecule is NC(=O)c1cc(O)cc(C(=O)N(C(CO)CO)C(CO)CO)c1. The molecule has 0 radical (unpaired) electrons. The first-order chi connectivity index (χ1) is 10.9. The lowest BCUT2D eigenvalue weighted by Crippen LogP contribution is -2.53. The Kier molecular flexibility index (Phi) is 6.91. The van der Waals surface area contributed by atoms with E-state index in [0.29, 0.717) is 0 Å². The molecule has 0 saturated carbocycles. The number of nitrogens with two attached hydrogens (primary N) is 1. The predicted molar refractivity (Wildman–Crippen MR) is 78.7 cm³/mol. The van der Waals surface area contributed by atoms with Gasteiger partial charge in [-0.05, 0) is 18.2 Å². The van der Waals surface area contributed by atoms with E-state index in [1.807, 2.05) is 0 Å². The molecule has 9 heteroatoms. The molecule has 0 saturated heterocycles. The van der Waals surface area contributed by atoms with Gasteiger partial charge in [0.25, 0.3) is 5.91 Å². The first-order valence-electron chi connectivity index (χ1n) is 6.79. The molecule has 2 amide bonds. The Morgan fingerprint density at radius 1 is 0.913 bits per heavy atom. The molecule has 1 aromatic carbocycles. The summed E-state index contributed by atoms with van der Waals surface area (Å²) in [4.78, 5) is 24.7. The molecule has 0 unspecified atom stereocenters. The molecule has 0 spiro atoms. The highest BCUT2D eigenvalue weighted by molar-refractivity contribution is 6.00. The quantitative estimate of drug-likeness (QED) is 0.310. The third-order valence-electron chi connectivity index (χ3n) is 3.31. The largest absolute Gasteiger partial charge is 0.508 e. The minimum absolute atomic E-state index is 0.109. The summed E-state index contributed by atoms with van der Waals surface area (Å²) in [5, 5.41) is 46.8. The van der Waals surface area contributed by atoms with Crippen LogP contribution in [0.1, 0.15) is 20.7 Å². The summed E-state index contributed by atoms with van der Waals surface area (Å²) in [6.07, 6.45) is 0. The molecule has 0 fully saturated rings. The van der Waals surface area contributed by atoms with Crippen molar-refractivity contribution in [2.75, 3.05) is 26.4 Å². The molecule has 9 nitrogen and oxygen atoms in total. The number of amides is 2. The fourth-order valence-electron chi connectivity index (χ4n) is 2.12. The Labute approximate surface area is 132 Å². The Morgan fingerprint density at radius 2 is 1.35 bits per heavy atom. The van der Waals surface area contributed by atoms with E-state index >= 15 is 0 Å². The Morgan fingerprint density at radius 3 is 1.74 bits per heavy atom. The number of phenols is 1. The minimum atomic E-state index is -1.08. The van der Waals surface area contributed by atoms with Crippen LogP contribution in [0.2, 0.25) is 0 Å². The molecular formula is C14H20N2O7. The van der Waals surface area contributed by atoms with Crippen LogP contribution in [0.25, 0.3) is 0 Å². The van der Waals surface area contributed by atoms with E-state index in [2.05, 4.69) is 0 Å². The fraction of sp³-hybridized carbons (Fsp3) is 0.429. The third-order valence-corrected chi connectivity index (χ3v) is 3.31. The maximum Gasteiger partial charge on any atom is 0.254 e. The van der Waals surface area contributed by atoms with Crippen LogP contribution in [0.5, 0.6) is 5.75 Å². The summed E-state index contributed by atoms with van der Waals surface area (Å²) >= 11 is 0. The highest BCUT2D eigenvalue weighted by Crippen LogP contribution is 2.19. The zero-order valence-corrected chi connectivity index (χ0v) is 12.3. The number of aliphatic hydroxyl groups is 4. The van der Waals surface area contributed by atoms with Crippen molar-refractivity contribution in [1.29, 1.82) is 0 Å². The van der Waals surface area contributed by atoms with E-state index in [9.17, 15) is 35.1 Å². The van der Waals surface area contributed by atoms with Crippen molar-refractivity contribution in [2.45, 2.75) is 12.1 Å². The fourth-order valence-corrected chi connectivity index (χ4v) is 2.12. The third kappa shape index (κ3) is 4.39. The van der Waals surface area contributed by atoms with Crippen molar-refractivity contribution in [2.24, 2.45) is 5.73 Å². The van der Waals surface area contributed by atoms with Crippen molar-refractivity contribution in [3.05, 3.63) is 29.3 Å². The van der Waals surface area contributed by atoms with Gasteiger partial charge in [-0.2, -0.15) is 0 Å². The molecule has 0 heterocycles. The number of aromatic hydroxyl groups is 1. The summed E-state index contributed by atoms with van der Waals surface area (Å²) in [6.45, 7) is -2.44. The molecule has 1 rings (SSSR count). The van der Waals surface area contributed by atoms with Gasteiger partial charge in [0.1, 0.15) is 5.75 Å². The van der Waals surface area contributed by atoms with E-state index in [1.165, 1.54) is 0 Å². The average Bonchev–Trinajstić information content (AvgIpc) is 2.54. The van der Waals surface area contributed by atoms with Crippen LogP contribution < -0.4 is 5.73 Å². The normalized spacial score (nSPS) is 11.0. The van der Waals surface area contributed by atoms with Gasteiger partial charge in [0.05, 0.1) is 38.5 Å².